The number of ether oxygens (including phenoxy) is 2. The Hall–Kier alpha value is -7.44. The van der Waals surface area contributed by atoms with E-state index in [2.05, 4.69) is 0 Å². The quantitative estimate of drug-likeness (QED) is 0.0466. The molecule has 2 N–H and O–H groups in total. The van der Waals surface area contributed by atoms with Gasteiger partial charge in [0.25, 0.3) is 0 Å². The van der Waals surface area contributed by atoms with Crippen molar-refractivity contribution in [3.8, 4) is 34.5 Å². The van der Waals surface area contributed by atoms with E-state index >= 15 is 0 Å². The number of phenolic OH excluding ortho intramolecular Hbond substituents is 2. The van der Waals surface area contributed by atoms with Crippen molar-refractivity contribution in [2.75, 3.05) is 7.11 Å². The molecule has 0 unspecified atom stereocenters. The fourth-order valence-corrected chi connectivity index (χ4v) is 10.9. The first-order chi connectivity index (χ1) is 33.6. The third-order valence-electron chi connectivity index (χ3n) is 11.5. The summed E-state index contributed by atoms with van der Waals surface area (Å²) in [4.78, 5) is 14.0. The number of aromatic hydroxyl groups is 2. The molecule has 7 aromatic carbocycles. The number of hydrogen-bond donors (Lipinski definition) is 2. The topological polar surface area (TPSA) is 206 Å². The first kappa shape index (κ1) is 49.0. The molecule has 7 aromatic rings. The Balaban J connectivity index is 1.03. The monoisotopic (exact) mass is 1000 g/mol. The van der Waals surface area contributed by atoms with Gasteiger partial charge in [0.2, 0.25) is 0 Å². The summed E-state index contributed by atoms with van der Waals surface area (Å²) in [6, 6.07) is 43.5. The summed E-state index contributed by atoms with van der Waals surface area (Å²) in [5, 5.41) is 23.5. The molecule has 8 rings (SSSR count). The smallest absolute Gasteiger partial charge is 0.339 e. The Bertz CT molecular complexity index is 3310. The summed E-state index contributed by atoms with van der Waals surface area (Å²) >= 11 is 0. The van der Waals surface area contributed by atoms with Gasteiger partial charge in [0, 0.05) is 11.6 Å². The second kappa shape index (κ2) is 21.1. The zero-order chi connectivity index (χ0) is 49.5. The lowest BCUT2D eigenvalue weighted by molar-refractivity contribution is -0.0632. The van der Waals surface area contributed by atoms with Crippen molar-refractivity contribution >= 4 is 42.2 Å². The maximum absolute atomic E-state index is 13.9. The van der Waals surface area contributed by atoms with Gasteiger partial charge in [0.15, 0.2) is 5.78 Å². The van der Waals surface area contributed by atoms with Crippen molar-refractivity contribution in [2.24, 2.45) is 0 Å². The number of allylic oxidation sites excluding steroid dienone is 1. The largest absolute Gasteiger partial charge is 0.507 e. The van der Waals surface area contributed by atoms with Crippen LogP contribution in [0.3, 0.4) is 0 Å². The lowest BCUT2D eigenvalue weighted by atomic mass is 9.80. The Morgan fingerprint density at radius 1 is 0.614 bits per heavy atom. The van der Waals surface area contributed by atoms with Gasteiger partial charge < -0.3 is 32.2 Å². The van der Waals surface area contributed by atoms with Crippen LogP contribution < -0.4 is 17.3 Å². The number of phenols is 2. The van der Waals surface area contributed by atoms with Gasteiger partial charge in [-0.3, -0.25) is 4.79 Å². The Morgan fingerprint density at radius 3 is 1.54 bits per heavy atom. The molecular formula is C53H46O14S3. The summed E-state index contributed by atoms with van der Waals surface area (Å²) < 4.78 is 105. The van der Waals surface area contributed by atoms with Gasteiger partial charge in [-0.1, -0.05) is 97.1 Å². The van der Waals surface area contributed by atoms with Gasteiger partial charge >= 0.3 is 30.4 Å². The van der Waals surface area contributed by atoms with Crippen LogP contribution in [0.2, 0.25) is 0 Å². The summed E-state index contributed by atoms with van der Waals surface area (Å²) in [6.45, 7) is 0. The van der Waals surface area contributed by atoms with E-state index in [4.69, 9.17) is 22.0 Å². The zero-order valence-corrected chi connectivity index (χ0v) is 39.8. The van der Waals surface area contributed by atoms with Crippen LogP contribution in [0.4, 0.5) is 0 Å². The highest BCUT2D eigenvalue weighted by Gasteiger charge is 2.36. The first-order valence-electron chi connectivity index (χ1n) is 21.9. The SMILES string of the molecule is COc1cc(O)c([C@@H]2C[C@H](CCc3ccc(OS(=O)(=O)c4ccccc4)cc3)O[C@H](c3ccc(OS(=O)(=O)c4ccccc4)cc3)C2)c(O)c1C(=O)/C=C/c1ccc(OS(=O)(=O)c2ccccc2)cc1. The van der Waals surface area contributed by atoms with E-state index in [1.807, 2.05) is 0 Å². The van der Waals surface area contributed by atoms with Crippen molar-refractivity contribution in [3.05, 3.63) is 204 Å². The molecule has 0 saturated carbocycles. The highest BCUT2D eigenvalue weighted by Crippen LogP contribution is 2.50. The fraction of sp³-hybridized carbons (Fsp3) is 0.151. The molecule has 17 heteroatoms. The Labute approximate surface area is 406 Å². The number of benzene rings is 7. The molecule has 14 nitrogen and oxygen atoms in total. The molecule has 0 amide bonds. The third-order valence-corrected chi connectivity index (χ3v) is 15.3. The second-order valence-electron chi connectivity index (χ2n) is 16.2. The predicted molar refractivity (Wildman–Crippen MR) is 260 cm³/mol. The average Bonchev–Trinajstić information content (AvgIpc) is 3.36. The van der Waals surface area contributed by atoms with Crippen molar-refractivity contribution < 1.29 is 62.3 Å². The van der Waals surface area contributed by atoms with Crippen molar-refractivity contribution in [1.29, 1.82) is 0 Å². The van der Waals surface area contributed by atoms with Crippen molar-refractivity contribution in [1.82, 2.24) is 0 Å². The minimum atomic E-state index is -4.12. The lowest BCUT2D eigenvalue weighted by Crippen LogP contribution is -2.28. The Kier molecular flexibility index (Phi) is 14.7. The van der Waals surface area contributed by atoms with Crippen LogP contribution in [0.25, 0.3) is 6.08 Å². The predicted octanol–water partition coefficient (Wildman–Crippen LogP) is 9.94. The summed E-state index contributed by atoms with van der Waals surface area (Å²) in [7, 11) is -10.9. The van der Waals surface area contributed by atoms with E-state index in [0.29, 0.717) is 30.4 Å². The molecule has 1 saturated heterocycles. The maximum atomic E-state index is 13.9. The maximum Gasteiger partial charge on any atom is 0.339 e. The van der Waals surface area contributed by atoms with E-state index in [1.54, 1.807) is 103 Å². The van der Waals surface area contributed by atoms with Crippen LogP contribution in [0, 0.1) is 0 Å². The van der Waals surface area contributed by atoms with E-state index in [1.165, 1.54) is 86.0 Å². The molecule has 0 aliphatic carbocycles. The van der Waals surface area contributed by atoms with Crippen LogP contribution in [0.1, 0.15) is 63.9 Å². The molecule has 360 valence electrons. The standard InChI is InChI=1S/C53H46O14S3/c1-63-50-35-48(55)51(53(56)52(50)47(54)32-22-37-19-27-41(28-20-37)66-69(59,60)45-13-7-3-8-14-45)39-33-43(29-21-36-17-25-40(26-18-36)65-68(57,58)44-11-5-2-6-12-44)64-49(34-39)38-23-30-42(31-24-38)67-70(61,62)46-15-9-4-10-16-46/h2-20,22-28,30-32,35,39,43,49,55-56H,21,29,33-34H2,1H3/b32-22+/t39-,43+,49+/m1/s1. The third kappa shape index (κ3) is 11.7. The molecule has 0 radical (unpaired) electrons. The van der Waals surface area contributed by atoms with Crippen LogP contribution in [-0.2, 0) is 41.5 Å². The van der Waals surface area contributed by atoms with Gasteiger partial charge in [0.05, 0.1) is 19.3 Å². The molecule has 1 heterocycles. The molecule has 1 fully saturated rings. The minimum absolute atomic E-state index is 0.00790. The van der Waals surface area contributed by atoms with E-state index in [9.17, 15) is 40.3 Å². The summed E-state index contributed by atoms with van der Waals surface area (Å²) in [5.74, 6) is -1.83. The number of carbonyl (C=O) groups is 1. The number of methoxy groups -OCH3 is 1. The van der Waals surface area contributed by atoms with Crippen LogP contribution >= 0.6 is 0 Å². The van der Waals surface area contributed by atoms with Crippen molar-refractivity contribution in [2.45, 2.75) is 58.5 Å². The summed E-state index contributed by atoms with van der Waals surface area (Å²) in [6.07, 6.45) is 3.02. The van der Waals surface area contributed by atoms with E-state index in [0.717, 1.165) is 5.56 Å². The molecular weight excluding hydrogens is 957 g/mol. The normalized spacial score (nSPS) is 16.3. The summed E-state index contributed by atoms with van der Waals surface area (Å²) in [5.41, 5.74) is 1.92. The number of carbonyl (C=O) groups excluding carboxylic acids is 1. The van der Waals surface area contributed by atoms with Crippen LogP contribution in [0.5, 0.6) is 34.5 Å². The average molecular weight is 1000 g/mol. The van der Waals surface area contributed by atoms with Gasteiger partial charge in [-0.2, -0.15) is 25.3 Å². The van der Waals surface area contributed by atoms with E-state index < -0.39 is 60.0 Å². The lowest BCUT2D eigenvalue weighted by Gasteiger charge is -2.37. The molecule has 0 aromatic heterocycles. The number of rotatable bonds is 18. The van der Waals surface area contributed by atoms with Gasteiger partial charge in [-0.05, 0) is 127 Å². The fourth-order valence-electron chi connectivity index (χ4n) is 8.05. The second-order valence-corrected chi connectivity index (χ2v) is 20.9. The highest BCUT2D eigenvalue weighted by molar-refractivity contribution is 7.87. The molecule has 0 spiro atoms. The molecule has 0 bridgehead atoms. The number of ketones is 1. The van der Waals surface area contributed by atoms with Crippen LogP contribution in [0.15, 0.2) is 191 Å². The highest BCUT2D eigenvalue weighted by atomic mass is 32.2. The minimum Gasteiger partial charge on any atom is -0.507 e. The number of aryl methyl sites for hydroxylation is 1. The van der Waals surface area contributed by atoms with Crippen molar-refractivity contribution in [3.63, 3.8) is 0 Å². The molecule has 3 atom stereocenters. The Morgan fingerprint density at radius 2 is 1.07 bits per heavy atom. The van der Waals surface area contributed by atoms with Gasteiger partial charge in [-0.15, -0.1) is 0 Å². The molecule has 1 aliphatic heterocycles. The van der Waals surface area contributed by atoms with E-state index in [-0.39, 0.29) is 61.0 Å². The van der Waals surface area contributed by atoms with Gasteiger partial charge in [-0.25, -0.2) is 0 Å². The van der Waals surface area contributed by atoms with Crippen LogP contribution in [-0.4, -0.2) is 54.5 Å². The molecule has 1 aliphatic rings. The van der Waals surface area contributed by atoms with Gasteiger partial charge in [0.1, 0.15) is 54.7 Å². The molecule has 70 heavy (non-hydrogen) atoms. The number of hydrogen-bond acceptors (Lipinski definition) is 14. The first-order valence-corrected chi connectivity index (χ1v) is 26.1. The zero-order valence-electron chi connectivity index (χ0n) is 37.4.